The van der Waals surface area contributed by atoms with Crippen molar-refractivity contribution in [1.82, 2.24) is 14.9 Å². The van der Waals surface area contributed by atoms with E-state index < -0.39 is 6.10 Å². The highest BCUT2D eigenvalue weighted by Gasteiger charge is 2.20. The third-order valence-corrected chi connectivity index (χ3v) is 3.81. The Bertz CT molecular complexity index is 541. The van der Waals surface area contributed by atoms with Crippen LogP contribution in [-0.4, -0.2) is 52.7 Å². The van der Waals surface area contributed by atoms with Gasteiger partial charge in [0.1, 0.15) is 11.9 Å². The molecular weight excluding hydrogens is 264 g/mol. The summed E-state index contributed by atoms with van der Waals surface area (Å²) in [6, 6.07) is 11.6. The van der Waals surface area contributed by atoms with E-state index in [1.807, 2.05) is 42.6 Å². The summed E-state index contributed by atoms with van der Waals surface area (Å²) in [6.45, 7) is 4.37. The van der Waals surface area contributed by atoms with E-state index in [1.165, 1.54) is 0 Å². The summed E-state index contributed by atoms with van der Waals surface area (Å²) in [5, 5.41) is 10.2. The Morgan fingerprint density at radius 2 is 1.67 bits per heavy atom. The van der Waals surface area contributed by atoms with Gasteiger partial charge in [-0.1, -0.05) is 12.1 Å². The summed E-state index contributed by atoms with van der Waals surface area (Å²) in [5.74, 6) is 1.03. The molecule has 5 heteroatoms. The number of hydrogen-bond acceptors (Lipinski definition) is 5. The maximum absolute atomic E-state index is 10.2. The summed E-state index contributed by atoms with van der Waals surface area (Å²) in [7, 11) is 0. The molecule has 21 heavy (non-hydrogen) atoms. The van der Waals surface area contributed by atoms with Gasteiger partial charge in [-0.05, 0) is 24.3 Å². The summed E-state index contributed by atoms with van der Waals surface area (Å²) >= 11 is 0. The maximum atomic E-state index is 10.2. The number of anilines is 1. The van der Waals surface area contributed by atoms with Crippen molar-refractivity contribution in [1.29, 1.82) is 0 Å². The lowest BCUT2D eigenvalue weighted by Gasteiger charge is -2.36. The van der Waals surface area contributed by atoms with Gasteiger partial charge < -0.3 is 10.0 Å². The number of β-amino-alcohol motifs (C(OH)–C–C–N with tert-alkyl or cyclic N) is 1. The average Bonchev–Trinajstić information content (AvgIpc) is 2.57. The smallest absolute Gasteiger partial charge is 0.128 e. The van der Waals surface area contributed by atoms with Gasteiger partial charge in [-0.15, -0.1) is 0 Å². The second kappa shape index (κ2) is 6.65. The first-order valence-electron chi connectivity index (χ1n) is 7.30. The van der Waals surface area contributed by atoms with E-state index >= 15 is 0 Å². The molecule has 2 aromatic heterocycles. The highest BCUT2D eigenvalue weighted by Crippen LogP contribution is 2.15. The number of rotatable bonds is 4. The second-order valence-corrected chi connectivity index (χ2v) is 5.25. The molecule has 1 fully saturated rings. The van der Waals surface area contributed by atoms with Crippen molar-refractivity contribution in [2.45, 2.75) is 6.10 Å². The molecule has 0 aromatic carbocycles. The standard InChI is InChI=1S/C16H20N4O/c21-15(14-5-1-3-7-17-14)13-19-9-11-20(12-10-19)16-6-2-4-8-18-16/h1-8,15,21H,9-13H2. The number of nitrogens with zero attached hydrogens (tertiary/aromatic N) is 4. The number of aliphatic hydroxyl groups excluding tert-OH is 1. The molecule has 2 aromatic rings. The van der Waals surface area contributed by atoms with Crippen LogP contribution in [0.25, 0.3) is 0 Å². The van der Waals surface area contributed by atoms with Crippen molar-refractivity contribution in [3.8, 4) is 0 Å². The minimum Gasteiger partial charge on any atom is -0.385 e. The van der Waals surface area contributed by atoms with E-state index in [1.54, 1.807) is 6.20 Å². The molecule has 0 amide bonds. The number of aromatic nitrogens is 2. The molecule has 0 radical (unpaired) electrons. The van der Waals surface area contributed by atoms with Gasteiger partial charge in [0, 0.05) is 45.1 Å². The van der Waals surface area contributed by atoms with Gasteiger partial charge in [-0.2, -0.15) is 0 Å². The van der Waals surface area contributed by atoms with E-state index in [2.05, 4.69) is 19.8 Å². The van der Waals surface area contributed by atoms with Crippen molar-refractivity contribution in [3.63, 3.8) is 0 Å². The predicted octanol–water partition coefficient (Wildman–Crippen LogP) is 1.33. The van der Waals surface area contributed by atoms with E-state index in [-0.39, 0.29) is 0 Å². The fourth-order valence-electron chi connectivity index (χ4n) is 2.61. The van der Waals surface area contributed by atoms with Crippen LogP contribution in [0.5, 0.6) is 0 Å². The van der Waals surface area contributed by atoms with Crippen LogP contribution in [-0.2, 0) is 0 Å². The Labute approximate surface area is 124 Å². The molecule has 1 aliphatic heterocycles. The number of piperazine rings is 1. The van der Waals surface area contributed by atoms with Crippen molar-refractivity contribution < 1.29 is 5.11 Å². The van der Waals surface area contributed by atoms with Crippen LogP contribution in [0.4, 0.5) is 5.82 Å². The highest BCUT2D eigenvalue weighted by molar-refractivity contribution is 5.38. The molecule has 1 unspecified atom stereocenters. The van der Waals surface area contributed by atoms with Crippen molar-refractivity contribution >= 4 is 5.82 Å². The quantitative estimate of drug-likeness (QED) is 0.918. The van der Waals surface area contributed by atoms with Gasteiger partial charge in [-0.25, -0.2) is 4.98 Å². The van der Waals surface area contributed by atoms with Crippen LogP contribution in [0.3, 0.4) is 0 Å². The van der Waals surface area contributed by atoms with Crippen molar-refractivity contribution in [2.24, 2.45) is 0 Å². The first-order chi connectivity index (χ1) is 10.3. The van der Waals surface area contributed by atoms with Gasteiger partial charge >= 0.3 is 0 Å². The molecule has 1 atom stereocenters. The van der Waals surface area contributed by atoms with Gasteiger partial charge in [0.25, 0.3) is 0 Å². The second-order valence-electron chi connectivity index (χ2n) is 5.25. The molecule has 110 valence electrons. The van der Waals surface area contributed by atoms with Crippen LogP contribution in [0.1, 0.15) is 11.8 Å². The highest BCUT2D eigenvalue weighted by atomic mass is 16.3. The van der Waals surface area contributed by atoms with Crippen LogP contribution in [0.15, 0.2) is 48.8 Å². The van der Waals surface area contributed by atoms with Crippen molar-refractivity contribution in [3.05, 3.63) is 54.5 Å². The molecule has 0 spiro atoms. The summed E-state index contributed by atoms with van der Waals surface area (Å²) < 4.78 is 0. The molecule has 0 aliphatic carbocycles. The molecule has 3 rings (SSSR count). The molecule has 0 bridgehead atoms. The van der Waals surface area contributed by atoms with E-state index in [0.29, 0.717) is 6.54 Å². The average molecular weight is 284 g/mol. The monoisotopic (exact) mass is 284 g/mol. The Morgan fingerprint density at radius 1 is 0.952 bits per heavy atom. The molecule has 0 saturated carbocycles. The minimum absolute atomic E-state index is 0.521. The van der Waals surface area contributed by atoms with Gasteiger partial charge in [-0.3, -0.25) is 9.88 Å². The first kappa shape index (κ1) is 14.0. The lowest BCUT2D eigenvalue weighted by Crippen LogP contribution is -2.47. The van der Waals surface area contributed by atoms with Crippen LogP contribution in [0, 0.1) is 0 Å². The largest absolute Gasteiger partial charge is 0.385 e. The fourth-order valence-corrected chi connectivity index (χ4v) is 2.61. The zero-order valence-electron chi connectivity index (χ0n) is 12.0. The number of aliphatic hydroxyl groups is 1. The molecule has 3 heterocycles. The SMILES string of the molecule is OC(CN1CCN(c2ccccn2)CC1)c1ccccn1. The third kappa shape index (κ3) is 3.56. The lowest BCUT2D eigenvalue weighted by atomic mass is 10.2. The van der Waals surface area contributed by atoms with E-state index in [4.69, 9.17) is 0 Å². The zero-order chi connectivity index (χ0) is 14.5. The number of hydrogen-bond donors (Lipinski definition) is 1. The molecule has 5 nitrogen and oxygen atoms in total. The first-order valence-corrected chi connectivity index (χ1v) is 7.30. The lowest BCUT2D eigenvalue weighted by molar-refractivity contribution is 0.106. The number of pyridine rings is 2. The molecule has 1 saturated heterocycles. The fraction of sp³-hybridized carbons (Fsp3) is 0.375. The molecule has 1 N–H and O–H groups in total. The third-order valence-electron chi connectivity index (χ3n) is 3.81. The summed E-state index contributed by atoms with van der Waals surface area (Å²) in [6.07, 6.45) is 3.02. The van der Waals surface area contributed by atoms with Crippen LogP contribution in [0.2, 0.25) is 0 Å². The Morgan fingerprint density at radius 3 is 2.29 bits per heavy atom. The summed E-state index contributed by atoms with van der Waals surface area (Å²) in [5.41, 5.74) is 0.740. The Hall–Kier alpha value is -1.98. The topological polar surface area (TPSA) is 52.5 Å². The maximum Gasteiger partial charge on any atom is 0.128 e. The zero-order valence-corrected chi connectivity index (χ0v) is 12.0. The Balaban J connectivity index is 1.52. The normalized spacial score (nSPS) is 17.7. The van der Waals surface area contributed by atoms with Crippen LogP contribution >= 0.6 is 0 Å². The van der Waals surface area contributed by atoms with E-state index in [0.717, 1.165) is 37.7 Å². The van der Waals surface area contributed by atoms with Crippen LogP contribution < -0.4 is 4.90 Å². The van der Waals surface area contributed by atoms with Crippen molar-refractivity contribution in [2.75, 3.05) is 37.6 Å². The van der Waals surface area contributed by atoms with Gasteiger partial charge in [0.2, 0.25) is 0 Å². The molecule has 1 aliphatic rings. The Kier molecular flexibility index (Phi) is 4.43. The predicted molar refractivity (Wildman–Crippen MR) is 82.1 cm³/mol. The van der Waals surface area contributed by atoms with E-state index in [9.17, 15) is 5.11 Å². The van der Waals surface area contributed by atoms with Gasteiger partial charge in [0.15, 0.2) is 0 Å². The molecular formula is C16H20N4O. The summed E-state index contributed by atoms with van der Waals surface area (Å²) in [4.78, 5) is 13.2. The minimum atomic E-state index is -0.521. The van der Waals surface area contributed by atoms with Gasteiger partial charge in [0.05, 0.1) is 5.69 Å².